The lowest BCUT2D eigenvalue weighted by Crippen LogP contribution is -2.30. The molecule has 606 valence electrons. The van der Waals surface area contributed by atoms with E-state index in [1.807, 2.05) is 0 Å². The number of rotatable bonds is 80. The number of phosphoric acid groups is 2. The zero-order valence-electron chi connectivity index (χ0n) is 67.2. The maximum atomic E-state index is 13.1. The van der Waals surface area contributed by atoms with Gasteiger partial charge in [0.1, 0.15) is 19.3 Å². The van der Waals surface area contributed by atoms with Crippen molar-refractivity contribution in [3.63, 3.8) is 0 Å². The molecule has 7 atom stereocenters. The monoisotopic (exact) mass is 1490 g/mol. The number of esters is 4. The van der Waals surface area contributed by atoms with Crippen molar-refractivity contribution in [2.45, 2.75) is 446 Å². The van der Waals surface area contributed by atoms with Gasteiger partial charge in [-0.15, -0.1) is 0 Å². The minimum Gasteiger partial charge on any atom is -0.462 e. The van der Waals surface area contributed by atoms with Gasteiger partial charge in [0.15, 0.2) is 12.2 Å². The number of carbonyl (C=O) groups is 4. The highest BCUT2D eigenvalue weighted by molar-refractivity contribution is 7.47. The largest absolute Gasteiger partial charge is 0.472 e. The van der Waals surface area contributed by atoms with Crippen molar-refractivity contribution in [1.29, 1.82) is 0 Å². The second-order valence-corrected chi connectivity index (χ2v) is 34.2. The molecule has 0 fully saturated rings. The van der Waals surface area contributed by atoms with Gasteiger partial charge in [-0.2, -0.15) is 0 Å². The van der Waals surface area contributed by atoms with E-state index in [0.29, 0.717) is 31.6 Å². The van der Waals surface area contributed by atoms with Crippen LogP contribution in [0.4, 0.5) is 0 Å². The van der Waals surface area contributed by atoms with Crippen LogP contribution in [-0.4, -0.2) is 96.7 Å². The van der Waals surface area contributed by atoms with Crippen LogP contribution in [0.1, 0.15) is 428 Å². The van der Waals surface area contributed by atoms with Gasteiger partial charge in [0.25, 0.3) is 0 Å². The van der Waals surface area contributed by atoms with E-state index in [4.69, 9.17) is 37.0 Å². The number of hydrogen-bond acceptors (Lipinski definition) is 15. The molecule has 0 saturated heterocycles. The van der Waals surface area contributed by atoms with E-state index in [0.717, 1.165) is 114 Å². The lowest BCUT2D eigenvalue weighted by molar-refractivity contribution is -0.161. The zero-order chi connectivity index (χ0) is 75.3. The molecule has 0 aliphatic carbocycles. The Morgan fingerprint density at radius 1 is 0.275 bits per heavy atom. The second-order valence-electron chi connectivity index (χ2n) is 31.3. The van der Waals surface area contributed by atoms with E-state index < -0.39 is 97.5 Å². The Morgan fingerprint density at radius 3 is 0.696 bits per heavy atom. The number of aliphatic hydroxyl groups excluding tert-OH is 1. The van der Waals surface area contributed by atoms with Crippen molar-refractivity contribution in [3.05, 3.63) is 0 Å². The first kappa shape index (κ1) is 100. The van der Waals surface area contributed by atoms with Crippen molar-refractivity contribution in [1.82, 2.24) is 0 Å². The minimum absolute atomic E-state index is 0.105. The first-order chi connectivity index (χ1) is 49.2. The molecule has 0 aliphatic heterocycles. The Hall–Kier alpha value is -1.94. The standard InChI is InChI=1S/C83H162O17P2/c1-9-75(7)61-53-45-36-30-26-22-18-13-11-12-14-19-23-27-31-38-47-55-63-80(85)93-69-78(100-83(88)66-58-50-40-34-33-37-46-54-62-76(8)10-2)71-97-101(89,90)95-67-77(84)68-96-102(91,92)98-72-79(70-94-81(86)64-56-48-42-41-44-52-60-74(5)6)99-82(87)65-57-49-39-32-28-24-20-16-15-17-21-25-29-35-43-51-59-73(3)4/h73-79,84H,9-72H2,1-8H3,(H,89,90)(H,91,92)/t75?,76?,77?,78-,79-/m1/s1. The second kappa shape index (κ2) is 72.0. The number of carbonyl (C=O) groups excluding carboxylic acids is 4. The summed E-state index contributed by atoms with van der Waals surface area (Å²) in [6.45, 7) is 14.3. The lowest BCUT2D eigenvalue weighted by atomic mass is 9.99. The van der Waals surface area contributed by atoms with Gasteiger partial charge in [-0.3, -0.25) is 37.3 Å². The van der Waals surface area contributed by atoms with Crippen LogP contribution in [0, 0.1) is 23.7 Å². The van der Waals surface area contributed by atoms with Gasteiger partial charge in [0.05, 0.1) is 26.4 Å². The van der Waals surface area contributed by atoms with E-state index >= 15 is 0 Å². The predicted molar refractivity (Wildman–Crippen MR) is 418 cm³/mol. The summed E-state index contributed by atoms with van der Waals surface area (Å²) in [5.74, 6) is 1.02. The van der Waals surface area contributed by atoms with Crippen molar-refractivity contribution < 1.29 is 80.2 Å². The van der Waals surface area contributed by atoms with Crippen LogP contribution in [-0.2, 0) is 65.4 Å². The van der Waals surface area contributed by atoms with Crippen LogP contribution in [0.25, 0.3) is 0 Å². The Morgan fingerprint density at radius 2 is 0.471 bits per heavy atom. The highest BCUT2D eigenvalue weighted by atomic mass is 31.2. The fourth-order valence-corrected chi connectivity index (χ4v) is 14.3. The van der Waals surface area contributed by atoms with Gasteiger partial charge in [0.2, 0.25) is 0 Å². The summed E-state index contributed by atoms with van der Waals surface area (Å²) in [6.07, 6.45) is 59.9. The maximum Gasteiger partial charge on any atom is 0.472 e. The molecule has 19 heteroatoms. The molecule has 0 aliphatic rings. The van der Waals surface area contributed by atoms with Crippen molar-refractivity contribution >= 4 is 39.5 Å². The molecule has 0 amide bonds. The van der Waals surface area contributed by atoms with Gasteiger partial charge in [-0.1, -0.05) is 376 Å². The molecule has 17 nitrogen and oxygen atoms in total. The normalized spacial score (nSPS) is 14.5. The molecule has 0 aromatic carbocycles. The van der Waals surface area contributed by atoms with Gasteiger partial charge >= 0.3 is 39.5 Å². The molecule has 0 heterocycles. The van der Waals surface area contributed by atoms with Gasteiger partial charge in [0, 0.05) is 25.7 Å². The summed E-state index contributed by atoms with van der Waals surface area (Å²) in [5.41, 5.74) is 0. The Bertz CT molecular complexity index is 1990. The molecule has 3 N–H and O–H groups in total. The summed E-state index contributed by atoms with van der Waals surface area (Å²) >= 11 is 0. The molecule has 0 bridgehead atoms. The van der Waals surface area contributed by atoms with Crippen molar-refractivity contribution in [3.8, 4) is 0 Å². The van der Waals surface area contributed by atoms with E-state index in [9.17, 15) is 43.2 Å². The molecule has 0 radical (unpaired) electrons. The summed E-state index contributed by atoms with van der Waals surface area (Å²) in [4.78, 5) is 73.0. The number of unbranched alkanes of at least 4 members (excludes halogenated alkanes) is 44. The average Bonchev–Trinajstić information content (AvgIpc) is 0.996. The average molecular weight is 1490 g/mol. The van der Waals surface area contributed by atoms with E-state index in [2.05, 4.69) is 55.4 Å². The fraction of sp³-hybridized carbons (Fsp3) is 0.952. The topological polar surface area (TPSA) is 237 Å². The number of ether oxygens (including phenoxy) is 4. The third-order valence-corrected chi connectivity index (χ3v) is 21.9. The number of aliphatic hydroxyl groups is 1. The minimum atomic E-state index is -4.96. The molecular weight excluding hydrogens is 1330 g/mol. The van der Waals surface area contributed by atoms with Crippen molar-refractivity contribution in [2.75, 3.05) is 39.6 Å². The maximum absolute atomic E-state index is 13.1. The van der Waals surface area contributed by atoms with Gasteiger partial charge < -0.3 is 33.8 Å². The lowest BCUT2D eigenvalue weighted by Gasteiger charge is -2.21. The quantitative estimate of drug-likeness (QED) is 0.0222. The molecule has 102 heavy (non-hydrogen) atoms. The third kappa shape index (κ3) is 73.6. The molecule has 0 aromatic rings. The molecular formula is C83H162O17P2. The smallest absolute Gasteiger partial charge is 0.462 e. The predicted octanol–water partition coefficient (Wildman–Crippen LogP) is 24.8. The Balaban J connectivity index is 5.14. The first-order valence-electron chi connectivity index (χ1n) is 42.8. The summed E-state index contributed by atoms with van der Waals surface area (Å²) in [6, 6.07) is 0. The van der Waals surface area contributed by atoms with E-state index in [1.165, 1.54) is 225 Å². The van der Waals surface area contributed by atoms with Crippen LogP contribution in [0.3, 0.4) is 0 Å². The van der Waals surface area contributed by atoms with Crippen LogP contribution in [0.15, 0.2) is 0 Å². The molecule has 0 aromatic heterocycles. The molecule has 0 spiro atoms. The number of hydrogen-bond donors (Lipinski definition) is 3. The Kier molecular flexibility index (Phi) is 70.6. The van der Waals surface area contributed by atoms with Gasteiger partial charge in [-0.05, 0) is 49.4 Å². The number of phosphoric ester groups is 2. The molecule has 0 saturated carbocycles. The summed E-state index contributed by atoms with van der Waals surface area (Å²) < 4.78 is 68.7. The third-order valence-electron chi connectivity index (χ3n) is 20.0. The highest BCUT2D eigenvalue weighted by Crippen LogP contribution is 2.45. The van der Waals surface area contributed by atoms with Crippen LogP contribution in [0.2, 0.25) is 0 Å². The fourth-order valence-electron chi connectivity index (χ4n) is 12.7. The molecule has 5 unspecified atom stereocenters. The summed E-state index contributed by atoms with van der Waals surface area (Å²) in [5, 5.41) is 10.6. The van der Waals surface area contributed by atoms with Crippen molar-refractivity contribution in [2.24, 2.45) is 23.7 Å². The van der Waals surface area contributed by atoms with E-state index in [1.54, 1.807) is 0 Å². The Labute approximate surface area is 626 Å². The zero-order valence-corrected chi connectivity index (χ0v) is 69.0. The first-order valence-corrected chi connectivity index (χ1v) is 45.8. The SMILES string of the molecule is CCC(C)CCCCCCCCCCCCCCCCCCCCC(=O)OC[C@H](COP(=O)(O)OCC(O)COP(=O)(O)OC[C@@H](COC(=O)CCCCCCCCC(C)C)OC(=O)CCCCCCCCCCCCCCCCCCC(C)C)OC(=O)CCCCCCCCCCC(C)CC. The van der Waals surface area contributed by atoms with Gasteiger partial charge in [-0.25, -0.2) is 9.13 Å². The van der Waals surface area contributed by atoms with Crippen LogP contribution in [0.5, 0.6) is 0 Å². The van der Waals surface area contributed by atoms with Crippen LogP contribution < -0.4 is 0 Å². The highest BCUT2D eigenvalue weighted by Gasteiger charge is 2.30. The van der Waals surface area contributed by atoms with Crippen LogP contribution >= 0.6 is 15.6 Å². The summed E-state index contributed by atoms with van der Waals surface area (Å²) in [7, 11) is -9.92. The molecule has 0 rings (SSSR count). The van der Waals surface area contributed by atoms with E-state index in [-0.39, 0.29) is 25.7 Å².